The Morgan fingerprint density at radius 3 is 3.05 bits per heavy atom. The van der Waals surface area contributed by atoms with E-state index >= 15 is 0 Å². The summed E-state index contributed by atoms with van der Waals surface area (Å²) in [6.07, 6.45) is 1.96. The van der Waals surface area contributed by atoms with Crippen LogP contribution in [-0.4, -0.2) is 22.6 Å². The summed E-state index contributed by atoms with van der Waals surface area (Å²) in [5.74, 6) is -0.605. The summed E-state index contributed by atoms with van der Waals surface area (Å²) in [4.78, 5) is 12.0. The standard InChI is InChI=1S/C13H12ClFN4O2/c14-9-6-7(15)3-4-8(9)11(20)17-13-19-18-12(21-13)10-2-1-5-16-10/h3-4,6,10,16H,1-2,5H2,(H,17,19,20). The molecule has 1 atom stereocenters. The average Bonchev–Trinajstić information content (AvgIpc) is 3.08. The number of amides is 1. The SMILES string of the molecule is O=C(Nc1nnc(C2CCCN2)o1)c1ccc(F)cc1Cl. The summed E-state index contributed by atoms with van der Waals surface area (Å²) in [6.45, 7) is 0.903. The molecule has 1 aliphatic rings. The average molecular weight is 311 g/mol. The second kappa shape index (κ2) is 5.79. The molecule has 1 saturated heterocycles. The normalized spacial score (nSPS) is 17.9. The highest BCUT2D eigenvalue weighted by molar-refractivity contribution is 6.34. The molecule has 1 fully saturated rings. The van der Waals surface area contributed by atoms with Crippen LogP contribution in [-0.2, 0) is 0 Å². The summed E-state index contributed by atoms with van der Waals surface area (Å²) in [5, 5.41) is 13.3. The molecule has 0 radical (unpaired) electrons. The number of rotatable bonds is 3. The van der Waals surface area contributed by atoms with Crippen molar-refractivity contribution in [2.24, 2.45) is 0 Å². The van der Waals surface area contributed by atoms with E-state index in [9.17, 15) is 9.18 Å². The van der Waals surface area contributed by atoms with Crippen molar-refractivity contribution in [2.45, 2.75) is 18.9 Å². The monoisotopic (exact) mass is 310 g/mol. The maximum atomic E-state index is 12.9. The Labute approximate surface area is 124 Å². The quantitative estimate of drug-likeness (QED) is 0.910. The molecule has 0 aliphatic carbocycles. The number of benzene rings is 1. The van der Waals surface area contributed by atoms with Gasteiger partial charge < -0.3 is 9.73 Å². The lowest BCUT2D eigenvalue weighted by molar-refractivity contribution is 0.102. The molecule has 0 bridgehead atoms. The minimum atomic E-state index is -0.533. The molecular formula is C13H12ClFN4O2. The van der Waals surface area contributed by atoms with Gasteiger partial charge in [-0.2, -0.15) is 0 Å². The van der Waals surface area contributed by atoms with Gasteiger partial charge in [0, 0.05) is 0 Å². The van der Waals surface area contributed by atoms with Gasteiger partial charge >= 0.3 is 6.01 Å². The minimum Gasteiger partial charge on any atom is -0.406 e. The van der Waals surface area contributed by atoms with E-state index in [4.69, 9.17) is 16.0 Å². The Bertz CT molecular complexity index is 670. The molecule has 2 heterocycles. The van der Waals surface area contributed by atoms with Crippen LogP contribution in [0.1, 0.15) is 35.1 Å². The van der Waals surface area contributed by atoms with Crippen molar-refractivity contribution in [2.75, 3.05) is 11.9 Å². The molecule has 3 rings (SSSR count). The first-order valence-electron chi connectivity index (χ1n) is 6.46. The molecule has 0 saturated carbocycles. The van der Waals surface area contributed by atoms with Gasteiger partial charge in [0.1, 0.15) is 5.82 Å². The number of carbonyl (C=O) groups is 1. The fourth-order valence-electron chi connectivity index (χ4n) is 2.16. The van der Waals surface area contributed by atoms with E-state index < -0.39 is 11.7 Å². The number of hydrogen-bond acceptors (Lipinski definition) is 5. The van der Waals surface area contributed by atoms with Crippen LogP contribution in [0.4, 0.5) is 10.4 Å². The highest BCUT2D eigenvalue weighted by Crippen LogP contribution is 2.23. The zero-order valence-corrected chi connectivity index (χ0v) is 11.7. The van der Waals surface area contributed by atoms with Gasteiger partial charge in [0.2, 0.25) is 5.89 Å². The highest BCUT2D eigenvalue weighted by atomic mass is 35.5. The van der Waals surface area contributed by atoms with Crippen LogP contribution in [0.25, 0.3) is 0 Å². The van der Waals surface area contributed by atoms with Gasteiger partial charge in [-0.05, 0) is 37.6 Å². The van der Waals surface area contributed by atoms with E-state index in [0.29, 0.717) is 5.89 Å². The Morgan fingerprint density at radius 1 is 1.48 bits per heavy atom. The number of nitrogens with one attached hydrogen (secondary N) is 2. The summed E-state index contributed by atoms with van der Waals surface area (Å²) in [7, 11) is 0. The van der Waals surface area contributed by atoms with Crippen molar-refractivity contribution in [3.63, 3.8) is 0 Å². The Morgan fingerprint density at radius 2 is 2.33 bits per heavy atom. The van der Waals surface area contributed by atoms with Crippen molar-refractivity contribution >= 4 is 23.5 Å². The third-order valence-electron chi connectivity index (χ3n) is 3.20. The molecule has 21 heavy (non-hydrogen) atoms. The molecule has 8 heteroatoms. The molecule has 6 nitrogen and oxygen atoms in total. The Hall–Kier alpha value is -1.99. The lowest BCUT2D eigenvalue weighted by atomic mass is 10.2. The van der Waals surface area contributed by atoms with Crippen LogP contribution in [0, 0.1) is 5.82 Å². The number of anilines is 1. The van der Waals surface area contributed by atoms with Crippen molar-refractivity contribution < 1.29 is 13.6 Å². The van der Waals surface area contributed by atoms with Gasteiger partial charge in [-0.3, -0.25) is 10.1 Å². The summed E-state index contributed by atoms with van der Waals surface area (Å²) in [5.41, 5.74) is 0.136. The molecule has 2 N–H and O–H groups in total. The van der Waals surface area contributed by atoms with Crippen molar-refractivity contribution in [1.82, 2.24) is 15.5 Å². The van der Waals surface area contributed by atoms with Gasteiger partial charge in [-0.25, -0.2) is 4.39 Å². The molecule has 1 aromatic heterocycles. The van der Waals surface area contributed by atoms with E-state index in [0.717, 1.165) is 31.5 Å². The third kappa shape index (κ3) is 3.03. The van der Waals surface area contributed by atoms with Crippen molar-refractivity contribution in [3.8, 4) is 0 Å². The number of aromatic nitrogens is 2. The predicted molar refractivity (Wildman–Crippen MR) is 73.6 cm³/mol. The molecule has 1 unspecified atom stereocenters. The summed E-state index contributed by atoms with van der Waals surface area (Å²) >= 11 is 5.82. The van der Waals surface area contributed by atoms with Gasteiger partial charge in [-0.15, -0.1) is 5.10 Å². The van der Waals surface area contributed by atoms with Crippen LogP contribution in [0.2, 0.25) is 5.02 Å². The van der Waals surface area contributed by atoms with Gasteiger partial charge in [-0.1, -0.05) is 16.7 Å². The fraction of sp³-hybridized carbons (Fsp3) is 0.308. The lowest BCUT2D eigenvalue weighted by Gasteiger charge is -2.04. The second-order valence-electron chi connectivity index (χ2n) is 4.67. The van der Waals surface area contributed by atoms with E-state index in [1.165, 1.54) is 6.07 Å². The number of nitrogens with zero attached hydrogens (tertiary/aromatic N) is 2. The Balaban J connectivity index is 1.72. The largest absolute Gasteiger partial charge is 0.406 e. The van der Waals surface area contributed by atoms with E-state index in [1.54, 1.807) is 0 Å². The number of hydrogen-bond donors (Lipinski definition) is 2. The van der Waals surface area contributed by atoms with Crippen LogP contribution < -0.4 is 10.6 Å². The van der Waals surface area contributed by atoms with Gasteiger partial charge in [0.05, 0.1) is 16.6 Å². The third-order valence-corrected chi connectivity index (χ3v) is 3.51. The van der Waals surface area contributed by atoms with E-state index in [1.807, 2.05) is 0 Å². The molecule has 1 aliphatic heterocycles. The first-order chi connectivity index (χ1) is 10.1. The smallest absolute Gasteiger partial charge is 0.322 e. The highest BCUT2D eigenvalue weighted by Gasteiger charge is 2.23. The van der Waals surface area contributed by atoms with Crippen molar-refractivity contribution in [1.29, 1.82) is 0 Å². The van der Waals surface area contributed by atoms with E-state index in [2.05, 4.69) is 20.8 Å². The zero-order valence-electron chi connectivity index (χ0n) is 10.9. The maximum absolute atomic E-state index is 12.9. The van der Waals surface area contributed by atoms with Crippen LogP contribution in [0.3, 0.4) is 0 Å². The molecule has 0 spiro atoms. The molecular weight excluding hydrogens is 299 g/mol. The molecule has 1 aromatic carbocycles. The second-order valence-corrected chi connectivity index (χ2v) is 5.08. The van der Waals surface area contributed by atoms with Gasteiger partial charge in [0.25, 0.3) is 5.91 Å². The first-order valence-corrected chi connectivity index (χ1v) is 6.84. The molecule has 1 amide bonds. The zero-order chi connectivity index (χ0) is 14.8. The lowest BCUT2D eigenvalue weighted by Crippen LogP contribution is -2.13. The molecule has 2 aromatic rings. The predicted octanol–water partition coefficient (Wildman–Crippen LogP) is 2.54. The minimum absolute atomic E-state index is 0.0101. The fourth-order valence-corrected chi connectivity index (χ4v) is 2.41. The van der Waals surface area contributed by atoms with Crippen LogP contribution in [0.15, 0.2) is 22.6 Å². The summed E-state index contributed by atoms with van der Waals surface area (Å²) in [6, 6.07) is 3.53. The van der Waals surface area contributed by atoms with Gasteiger partial charge in [0.15, 0.2) is 0 Å². The van der Waals surface area contributed by atoms with E-state index in [-0.39, 0.29) is 22.6 Å². The van der Waals surface area contributed by atoms with Crippen LogP contribution >= 0.6 is 11.6 Å². The number of halogens is 2. The number of carbonyl (C=O) groups excluding carboxylic acids is 1. The van der Waals surface area contributed by atoms with Crippen molar-refractivity contribution in [3.05, 3.63) is 40.5 Å². The topological polar surface area (TPSA) is 80.0 Å². The first kappa shape index (κ1) is 14.0. The Kier molecular flexibility index (Phi) is 3.85. The summed E-state index contributed by atoms with van der Waals surface area (Å²) < 4.78 is 18.3. The van der Waals surface area contributed by atoms with Crippen LogP contribution in [0.5, 0.6) is 0 Å². The maximum Gasteiger partial charge on any atom is 0.322 e. The molecule has 110 valence electrons.